The molecule has 0 spiro atoms. The average molecular weight is 605 g/mol. The Labute approximate surface area is 216 Å². The van der Waals surface area contributed by atoms with Gasteiger partial charge in [-0.2, -0.15) is 0 Å². The van der Waals surface area contributed by atoms with E-state index in [-0.39, 0.29) is 58.8 Å². The maximum atomic E-state index is 13.4. The monoisotopic (exact) mass is 603 g/mol. The number of Topliss-reactive ketones (excluding diaryl/α,β-unsaturated/α-hetero) is 1. The normalized spacial score (nSPS) is 27.9. The van der Waals surface area contributed by atoms with Crippen molar-refractivity contribution >= 4 is 61.2 Å². The van der Waals surface area contributed by atoms with Crippen LogP contribution in [0.3, 0.4) is 0 Å². The maximum absolute atomic E-state index is 13.4. The van der Waals surface area contributed by atoms with Gasteiger partial charge in [0.1, 0.15) is 5.75 Å². The molecule has 0 unspecified atom stereocenters. The van der Waals surface area contributed by atoms with Crippen molar-refractivity contribution in [2.24, 2.45) is 17.8 Å². The Kier molecular flexibility index (Phi) is 5.91. The van der Waals surface area contributed by atoms with Gasteiger partial charge in [0.05, 0.1) is 22.7 Å². The van der Waals surface area contributed by atoms with Crippen molar-refractivity contribution < 1.29 is 34.2 Å². The van der Waals surface area contributed by atoms with E-state index in [2.05, 4.69) is 31.9 Å². The van der Waals surface area contributed by atoms with Gasteiger partial charge < -0.3 is 10.2 Å². The molecule has 0 bridgehead atoms. The molecule has 5 rings (SSSR count). The van der Waals surface area contributed by atoms with Gasteiger partial charge in [0, 0.05) is 39.7 Å². The molecule has 0 aromatic heterocycles. The fraction of sp³-hybridized carbons (Fsp3) is 0.320. The maximum Gasteiger partial charge on any atom is 0.305 e. The van der Waals surface area contributed by atoms with Crippen LogP contribution < -0.4 is 0 Å². The van der Waals surface area contributed by atoms with Crippen LogP contribution in [0, 0.1) is 17.8 Å². The van der Waals surface area contributed by atoms with E-state index in [4.69, 9.17) is 5.11 Å². The standard InChI is InChI=1S/C25H19Br2NO7/c26-10-1-4-17(29)14(7-10)20-11-2-3-12-21(25(35)28(24(12)34)6-5-19(31)32)13(11)8-15-22(20)18(30)9-16(27)23(15)33/h1-2,4,7,9,12-13,20-21,29H,3,5-6,8H2,(H,31,32)/t12-,13+,20+,21-/m0/s1. The van der Waals surface area contributed by atoms with E-state index in [1.807, 2.05) is 6.08 Å². The first kappa shape index (κ1) is 23.9. The van der Waals surface area contributed by atoms with E-state index in [0.29, 0.717) is 15.6 Å². The molecule has 1 aliphatic heterocycles. The van der Waals surface area contributed by atoms with E-state index in [9.17, 15) is 29.1 Å². The molecule has 2 N–H and O–H groups in total. The quantitative estimate of drug-likeness (QED) is 0.306. The number of carbonyl (C=O) groups is 5. The number of hydrogen-bond donors (Lipinski definition) is 2. The Balaban J connectivity index is 1.65. The Bertz CT molecular complexity index is 1320. The van der Waals surface area contributed by atoms with E-state index in [0.717, 1.165) is 4.90 Å². The zero-order valence-electron chi connectivity index (χ0n) is 18.2. The molecular formula is C25H19Br2NO7. The van der Waals surface area contributed by atoms with Crippen LogP contribution in [0.25, 0.3) is 0 Å². The summed E-state index contributed by atoms with van der Waals surface area (Å²) in [6.07, 6.45) is 3.08. The number of amides is 2. The van der Waals surface area contributed by atoms with E-state index >= 15 is 0 Å². The summed E-state index contributed by atoms with van der Waals surface area (Å²) in [4.78, 5) is 64.8. The number of phenolic OH excluding ortho intramolecular Hbond substituents is 1. The summed E-state index contributed by atoms with van der Waals surface area (Å²) in [5.74, 6) is -5.48. The predicted octanol–water partition coefficient (Wildman–Crippen LogP) is 3.39. The highest BCUT2D eigenvalue weighted by Crippen LogP contribution is 2.56. The zero-order valence-corrected chi connectivity index (χ0v) is 21.3. The molecule has 1 fully saturated rings. The molecule has 1 heterocycles. The molecule has 2 amide bonds. The molecule has 10 heteroatoms. The first-order valence-electron chi connectivity index (χ1n) is 11.0. The summed E-state index contributed by atoms with van der Waals surface area (Å²) in [5, 5.41) is 19.8. The lowest BCUT2D eigenvalue weighted by Gasteiger charge is -2.42. The van der Waals surface area contributed by atoms with Gasteiger partial charge >= 0.3 is 5.97 Å². The van der Waals surface area contributed by atoms with Crippen LogP contribution in [0.4, 0.5) is 0 Å². The average Bonchev–Trinajstić information content (AvgIpc) is 3.06. The second kappa shape index (κ2) is 8.67. The van der Waals surface area contributed by atoms with Gasteiger partial charge in [0.15, 0.2) is 11.6 Å². The Morgan fingerprint density at radius 3 is 2.54 bits per heavy atom. The van der Waals surface area contributed by atoms with Gasteiger partial charge in [-0.25, -0.2) is 0 Å². The number of likely N-dealkylation sites (tertiary alicyclic amines) is 1. The number of aromatic hydroxyl groups is 1. The Hall–Kier alpha value is -2.85. The van der Waals surface area contributed by atoms with Gasteiger partial charge in [-0.1, -0.05) is 27.6 Å². The number of hydrogen-bond acceptors (Lipinski definition) is 6. The number of imide groups is 1. The molecule has 3 aliphatic carbocycles. The largest absolute Gasteiger partial charge is 0.508 e. The zero-order chi connectivity index (χ0) is 25.2. The van der Waals surface area contributed by atoms with Gasteiger partial charge in [-0.15, -0.1) is 0 Å². The topological polar surface area (TPSA) is 129 Å². The lowest BCUT2D eigenvalue weighted by molar-refractivity contribution is -0.142. The molecule has 1 aromatic carbocycles. The molecule has 8 nitrogen and oxygen atoms in total. The summed E-state index contributed by atoms with van der Waals surface area (Å²) in [5.41, 5.74) is 1.67. The van der Waals surface area contributed by atoms with Crippen LogP contribution in [0.5, 0.6) is 5.75 Å². The Morgan fingerprint density at radius 2 is 1.83 bits per heavy atom. The lowest BCUT2D eigenvalue weighted by Crippen LogP contribution is -2.39. The van der Waals surface area contributed by atoms with E-state index in [1.165, 1.54) is 12.1 Å². The fourth-order valence-corrected chi connectivity index (χ4v) is 6.64. The van der Waals surface area contributed by atoms with Crippen LogP contribution in [-0.4, -0.2) is 51.0 Å². The lowest BCUT2D eigenvalue weighted by atomic mass is 9.59. The third-order valence-electron chi connectivity index (χ3n) is 7.27. The van der Waals surface area contributed by atoms with Crippen LogP contribution in [0.2, 0.25) is 0 Å². The second-order valence-corrected chi connectivity index (χ2v) is 10.8. The highest BCUT2D eigenvalue weighted by atomic mass is 79.9. The Morgan fingerprint density at radius 1 is 1.09 bits per heavy atom. The summed E-state index contributed by atoms with van der Waals surface area (Å²) < 4.78 is 0.789. The summed E-state index contributed by atoms with van der Waals surface area (Å²) in [6.45, 7) is -0.211. The number of benzene rings is 1. The van der Waals surface area contributed by atoms with Crippen molar-refractivity contribution in [3.63, 3.8) is 0 Å². The molecule has 0 radical (unpaired) electrons. The van der Waals surface area contributed by atoms with Crippen molar-refractivity contribution in [1.29, 1.82) is 0 Å². The number of halogens is 2. The number of aliphatic carboxylic acids is 1. The highest BCUT2D eigenvalue weighted by molar-refractivity contribution is 9.12. The van der Waals surface area contributed by atoms with Crippen LogP contribution in [0.15, 0.2) is 56.0 Å². The van der Waals surface area contributed by atoms with Crippen LogP contribution in [0.1, 0.15) is 30.7 Å². The molecule has 35 heavy (non-hydrogen) atoms. The SMILES string of the molecule is O=C(O)CCN1C(=O)[C@H]2[C@H](CC=C3[C@H](c4cc(Br)ccc4O)C4=C(C[C@H]32)C(=O)C(Br)=CC4=O)C1=O. The van der Waals surface area contributed by atoms with E-state index in [1.54, 1.807) is 12.1 Å². The van der Waals surface area contributed by atoms with Crippen LogP contribution >= 0.6 is 31.9 Å². The molecule has 0 saturated carbocycles. The number of carboxylic acid groups (broad SMARTS) is 1. The van der Waals surface area contributed by atoms with Gasteiger partial charge in [-0.3, -0.25) is 28.9 Å². The molecular weight excluding hydrogens is 586 g/mol. The summed E-state index contributed by atoms with van der Waals surface area (Å²) in [7, 11) is 0. The van der Waals surface area contributed by atoms with Crippen LogP contribution in [-0.2, 0) is 24.0 Å². The van der Waals surface area contributed by atoms with Crippen molar-refractivity contribution in [1.82, 2.24) is 4.90 Å². The first-order chi connectivity index (χ1) is 16.6. The van der Waals surface area contributed by atoms with Crippen molar-refractivity contribution in [3.8, 4) is 5.75 Å². The van der Waals surface area contributed by atoms with Crippen molar-refractivity contribution in [2.75, 3.05) is 6.54 Å². The summed E-state index contributed by atoms with van der Waals surface area (Å²) in [6, 6.07) is 4.84. The predicted molar refractivity (Wildman–Crippen MR) is 129 cm³/mol. The second-order valence-electron chi connectivity index (χ2n) is 9.07. The highest BCUT2D eigenvalue weighted by Gasteiger charge is 2.56. The smallest absolute Gasteiger partial charge is 0.305 e. The third-order valence-corrected chi connectivity index (χ3v) is 8.35. The van der Waals surface area contributed by atoms with E-state index < -0.39 is 41.5 Å². The van der Waals surface area contributed by atoms with Gasteiger partial charge in [0.25, 0.3) is 0 Å². The first-order valence-corrected chi connectivity index (χ1v) is 12.6. The number of fused-ring (bicyclic) bond motifs is 3. The number of nitrogens with zero attached hydrogens (tertiary/aromatic N) is 1. The minimum atomic E-state index is -1.11. The van der Waals surface area contributed by atoms with Crippen molar-refractivity contribution in [3.05, 3.63) is 61.6 Å². The third kappa shape index (κ3) is 3.74. The molecule has 180 valence electrons. The molecule has 4 atom stereocenters. The minimum absolute atomic E-state index is 0.0560. The number of carboxylic acids is 1. The summed E-state index contributed by atoms with van der Waals surface area (Å²) >= 11 is 6.57. The van der Waals surface area contributed by atoms with Gasteiger partial charge in [0.2, 0.25) is 11.8 Å². The minimum Gasteiger partial charge on any atom is -0.508 e. The number of allylic oxidation sites excluding steroid dienone is 6. The molecule has 1 saturated heterocycles. The number of ketones is 2. The molecule has 4 aliphatic rings. The molecule has 1 aromatic rings. The fourth-order valence-electron chi connectivity index (χ4n) is 5.81. The number of carbonyl (C=O) groups excluding carboxylic acids is 4. The van der Waals surface area contributed by atoms with Gasteiger partial charge in [-0.05, 0) is 52.9 Å². The number of phenols is 1. The number of rotatable bonds is 4. The van der Waals surface area contributed by atoms with Crippen molar-refractivity contribution in [2.45, 2.75) is 25.2 Å².